The average Bonchev–Trinajstić information content (AvgIpc) is 3.00. The number of rotatable bonds is 5. The van der Waals surface area contributed by atoms with E-state index in [-0.39, 0.29) is 11.5 Å². The lowest BCUT2D eigenvalue weighted by Gasteiger charge is -2.24. The molecule has 0 bridgehead atoms. The summed E-state index contributed by atoms with van der Waals surface area (Å²) in [5.41, 5.74) is 0.282. The van der Waals surface area contributed by atoms with Gasteiger partial charge in [-0.2, -0.15) is 5.26 Å². The Labute approximate surface area is 90.5 Å². The van der Waals surface area contributed by atoms with Crippen LogP contribution < -0.4 is 5.32 Å². The molecular formula is C11H18N2O2. The summed E-state index contributed by atoms with van der Waals surface area (Å²) in [6.07, 6.45) is 3.25. The predicted molar refractivity (Wildman–Crippen MR) is 55.3 cm³/mol. The van der Waals surface area contributed by atoms with Crippen LogP contribution in [-0.4, -0.2) is 39.0 Å². The van der Waals surface area contributed by atoms with Crippen molar-refractivity contribution in [1.29, 1.82) is 5.26 Å². The van der Waals surface area contributed by atoms with Crippen LogP contribution in [0.15, 0.2) is 0 Å². The van der Waals surface area contributed by atoms with Crippen LogP contribution >= 0.6 is 0 Å². The first kappa shape index (κ1) is 10.9. The fourth-order valence-electron chi connectivity index (χ4n) is 1.91. The molecule has 1 aliphatic carbocycles. The summed E-state index contributed by atoms with van der Waals surface area (Å²) in [4.78, 5) is 0. The van der Waals surface area contributed by atoms with Crippen LogP contribution in [0.2, 0.25) is 0 Å². The number of nitriles is 1. The molecule has 0 aromatic rings. The molecule has 1 heterocycles. The lowest BCUT2D eigenvalue weighted by molar-refractivity contribution is -0.0865. The first-order chi connectivity index (χ1) is 7.35. The fraction of sp³-hybridized carbons (Fsp3) is 0.909. The third-order valence-corrected chi connectivity index (χ3v) is 3.17. The average molecular weight is 210 g/mol. The molecule has 1 N–H and O–H groups in total. The third kappa shape index (κ3) is 3.16. The van der Waals surface area contributed by atoms with Gasteiger partial charge in [0.05, 0.1) is 32.0 Å². The topological polar surface area (TPSA) is 54.3 Å². The second-order valence-corrected chi connectivity index (χ2v) is 4.53. The van der Waals surface area contributed by atoms with Crippen molar-refractivity contribution in [3.05, 3.63) is 0 Å². The molecule has 84 valence electrons. The molecule has 0 amide bonds. The lowest BCUT2D eigenvalue weighted by atomic mass is 10.0. The summed E-state index contributed by atoms with van der Waals surface area (Å²) < 4.78 is 10.8. The van der Waals surface area contributed by atoms with E-state index in [2.05, 4.69) is 11.4 Å². The largest absolute Gasteiger partial charge is 0.376 e. The third-order valence-electron chi connectivity index (χ3n) is 3.17. The van der Waals surface area contributed by atoms with Crippen molar-refractivity contribution in [2.45, 2.75) is 25.4 Å². The minimum Gasteiger partial charge on any atom is -0.376 e. The first-order valence-corrected chi connectivity index (χ1v) is 5.62. The summed E-state index contributed by atoms with van der Waals surface area (Å²) in [6.45, 7) is 3.90. The second kappa shape index (κ2) is 4.93. The molecule has 0 aromatic heterocycles. The molecule has 2 fully saturated rings. The summed E-state index contributed by atoms with van der Waals surface area (Å²) in [7, 11) is 0. The molecule has 0 radical (unpaired) electrons. The molecule has 1 unspecified atom stereocenters. The number of ether oxygens (including phenoxy) is 2. The smallest absolute Gasteiger partial charge is 0.0933 e. The van der Waals surface area contributed by atoms with E-state index >= 15 is 0 Å². The van der Waals surface area contributed by atoms with Crippen LogP contribution in [0.25, 0.3) is 0 Å². The SMILES string of the molecule is N#CCC1(CNCC2COCCO2)CC1. The maximum absolute atomic E-state index is 8.67. The minimum absolute atomic E-state index is 0.191. The zero-order valence-electron chi connectivity index (χ0n) is 9.00. The Morgan fingerprint density at radius 3 is 2.87 bits per heavy atom. The van der Waals surface area contributed by atoms with Crippen LogP contribution in [0.5, 0.6) is 0 Å². The molecule has 1 atom stereocenters. The molecule has 1 saturated heterocycles. The summed E-state index contributed by atoms with van der Waals surface area (Å²) in [5.74, 6) is 0. The molecule has 1 saturated carbocycles. The highest BCUT2D eigenvalue weighted by Gasteiger charge is 2.41. The van der Waals surface area contributed by atoms with Crippen LogP contribution in [0.4, 0.5) is 0 Å². The van der Waals surface area contributed by atoms with Crippen molar-refractivity contribution >= 4 is 0 Å². The van der Waals surface area contributed by atoms with Crippen LogP contribution in [0.3, 0.4) is 0 Å². The van der Waals surface area contributed by atoms with E-state index < -0.39 is 0 Å². The van der Waals surface area contributed by atoms with Crippen LogP contribution in [0, 0.1) is 16.7 Å². The fourth-order valence-corrected chi connectivity index (χ4v) is 1.91. The van der Waals surface area contributed by atoms with E-state index in [0.717, 1.165) is 19.7 Å². The van der Waals surface area contributed by atoms with Crippen molar-refractivity contribution in [2.75, 3.05) is 32.9 Å². The van der Waals surface area contributed by atoms with Gasteiger partial charge in [-0.25, -0.2) is 0 Å². The van der Waals surface area contributed by atoms with Gasteiger partial charge in [-0.1, -0.05) is 0 Å². The second-order valence-electron chi connectivity index (χ2n) is 4.53. The summed E-state index contributed by atoms with van der Waals surface area (Å²) in [5, 5.41) is 12.1. The highest BCUT2D eigenvalue weighted by molar-refractivity contribution is 5.00. The maximum atomic E-state index is 8.67. The van der Waals surface area contributed by atoms with Crippen LogP contribution in [-0.2, 0) is 9.47 Å². The monoisotopic (exact) mass is 210 g/mol. The summed E-state index contributed by atoms with van der Waals surface area (Å²) >= 11 is 0. The van der Waals surface area contributed by atoms with Gasteiger partial charge in [-0.3, -0.25) is 0 Å². The lowest BCUT2D eigenvalue weighted by Crippen LogP contribution is -2.39. The van der Waals surface area contributed by atoms with E-state index in [9.17, 15) is 0 Å². The van der Waals surface area contributed by atoms with E-state index in [1.54, 1.807) is 0 Å². The van der Waals surface area contributed by atoms with E-state index in [4.69, 9.17) is 14.7 Å². The van der Waals surface area contributed by atoms with Gasteiger partial charge in [0.25, 0.3) is 0 Å². The number of hydrogen-bond acceptors (Lipinski definition) is 4. The molecule has 15 heavy (non-hydrogen) atoms. The summed E-state index contributed by atoms with van der Waals surface area (Å²) in [6, 6.07) is 2.26. The van der Waals surface area contributed by atoms with E-state index in [0.29, 0.717) is 19.6 Å². The molecule has 0 aromatic carbocycles. The van der Waals surface area contributed by atoms with Crippen molar-refractivity contribution in [2.24, 2.45) is 5.41 Å². The molecule has 4 heteroatoms. The Kier molecular flexibility index (Phi) is 3.57. The maximum Gasteiger partial charge on any atom is 0.0933 e. The van der Waals surface area contributed by atoms with Gasteiger partial charge < -0.3 is 14.8 Å². The molecule has 2 rings (SSSR count). The van der Waals surface area contributed by atoms with Gasteiger partial charge in [0, 0.05) is 19.5 Å². The van der Waals surface area contributed by atoms with Crippen molar-refractivity contribution in [1.82, 2.24) is 5.32 Å². The van der Waals surface area contributed by atoms with E-state index in [1.807, 2.05) is 0 Å². The molecule has 1 aliphatic heterocycles. The zero-order chi connectivity index (χ0) is 10.6. The van der Waals surface area contributed by atoms with Gasteiger partial charge >= 0.3 is 0 Å². The standard InChI is InChI=1S/C11H18N2O2/c12-4-3-11(1-2-11)9-13-7-10-8-14-5-6-15-10/h10,13H,1-3,5-9H2. The Balaban J connectivity index is 1.60. The molecule has 2 aliphatic rings. The van der Waals surface area contributed by atoms with Gasteiger partial charge in [-0.05, 0) is 18.3 Å². The normalized spacial score (nSPS) is 28.3. The van der Waals surface area contributed by atoms with Gasteiger partial charge in [-0.15, -0.1) is 0 Å². The molecule has 0 spiro atoms. The Bertz CT molecular complexity index is 239. The first-order valence-electron chi connectivity index (χ1n) is 5.62. The van der Waals surface area contributed by atoms with E-state index in [1.165, 1.54) is 12.8 Å². The molecule has 4 nitrogen and oxygen atoms in total. The number of nitrogens with zero attached hydrogens (tertiary/aromatic N) is 1. The Morgan fingerprint density at radius 2 is 2.27 bits per heavy atom. The number of hydrogen-bond donors (Lipinski definition) is 1. The van der Waals surface area contributed by atoms with Crippen molar-refractivity contribution in [3.63, 3.8) is 0 Å². The van der Waals surface area contributed by atoms with Crippen molar-refractivity contribution < 1.29 is 9.47 Å². The minimum atomic E-state index is 0.191. The highest BCUT2D eigenvalue weighted by Crippen LogP contribution is 2.47. The molecular weight excluding hydrogens is 192 g/mol. The van der Waals surface area contributed by atoms with Gasteiger partial charge in [0.2, 0.25) is 0 Å². The Morgan fingerprint density at radius 1 is 1.40 bits per heavy atom. The van der Waals surface area contributed by atoms with Crippen molar-refractivity contribution in [3.8, 4) is 6.07 Å². The van der Waals surface area contributed by atoms with Crippen LogP contribution in [0.1, 0.15) is 19.3 Å². The van der Waals surface area contributed by atoms with Gasteiger partial charge in [0.15, 0.2) is 0 Å². The highest BCUT2D eigenvalue weighted by atomic mass is 16.6. The zero-order valence-corrected chi connectivity index (χ0v) is 9.00. The quantitative estimate of drug-likeness (QED) is 0.725. The Hall–Kier alpha value is -0.630. The van der Waals surface area contributed by atoms with Gasteiger partial charge in [0.1, 0.15) is 0 Å². The number of nitrogens with one attached hydrogen (secondary N) is 1. The predicted octanol–water partition coefficient (Wildman–Crippen LogP) is 0.685.